The molecular formula is C28H33N5O2. The molecule has 3 heterocycles. The van der Waals surface area contributed by atoms with Gasteiger partial charge in [0.1, 0.15) is 5.75 Å². The third-order valence-electron chi connectivity index (χ3n) is 7.73. The first-order valence-corrected chi connectivity index (χ1v) is 12.6. The smallest absolute Gasteiger partial charge is 0.254 e. The number of likely N-dealkylation sites (N-methyl/N-ethyl adjacent to an activating group) is 1. The van der Waals surface area contributed by atoms with Crippen LogP contribution in [0, 0.1) is 5.92 Å². The van der Waals surface area contributed by atoms with E-state index in [-0.39, 0.29) is 11.9 Å². The van der Waals surface area contributed by atoms with Gasteiger partial charge in [-0.15, -0.1) is 0 Å². The second kappa shape index (κ2) is 8.41. The first-order chi connectivity index (χ1) is 17.0. The summed E-state index contributed by atoms with van der Waals surface area (Å²) < 4.78 is 10.3. The van der Waals surface area contributed by atoms with Gasteiger partial charge in [0.15, 0.2) is 5.82 Å². The number of benzene rings is 2. The van der Waals surface area contributed by atoms with Crippen LogP contribution in [0.15, 0.2) is 36.4 Å². The Morgan fingerprint density at radius 3 is 2.80 bits per heavy atom. The molecule has 1 fully saturated rings. The second-order valence-corrected chi connectivity index (χ2v) is 10.2. The average Bonchev–Trinajstić information content (AvgIpc) is 3.54. The maximum Gasteiger partial charge on any atom is 0.254 e. The van der Waals surface area contributed by atoms with Gasteiger partial charge in [0.05, 0.1) is 29.4 Å². The van der Waals surface area contributed by atoms with Crippen molar-refractivity contribution in [2.45, 2.75) is 38.8 Å². The summed E-state index contributed by atoms with van der Waals surface area (Å²) >= 11 is 0. The van der Waals surface area contributed by atoms with Crippen molar-refractivity contribution >= 4 is 27.8 Å². The molecule has 7 heteroatoms. The highest BCUT2D eigenvalue weighted by Crippen LogP contribution is 2.39. The number of methoxy groups -OCH3 is 1. The minimum absolute atomic E-state index is 0.107. The number of imidazole rings is 1. The number of ether oxygens (including phenoxy) is 1. The van der Waals surface area contributed by atoms with E-state index >= 15 is 0 Å². The van der Waals surface area contributed by atoms with Crippen LogP contribution in [-0.2, 0) is 20.0 Å². The third-order valence-corrected chi connectivity index (χ3v) is 7.73. The molecule has 1 amide bonds. The summed E-state index contributed by atoms with van der Waals surface area (Å²) in [4.78, 5) is 20.3. The van der Waals surface area contributed by atoms with E-state index in [9.17, 15) is 4.79 Å². The van der Waals surface area contributed by atoms with E-state index in [0.29, 0.717) is 12.5 Å². The summed E-state index contributed by atoms with van der Waals surface area (Å²) in [7, 11) is 5.75. The zero-order valence-corrected chi connectivity index (χ0v) is 21.0. The summed E-state index contributed by atoms with van der Waals surface area (Å²) in [6.45, 7) is 4.54. The van der Waals surface area contributed by atoms with Crippen LogP contribution in [0.25, 0.3) is 33.5 Å². The Hall–Kier alpha value is -3.32. The minimum Gasteiger partial charge on any atom is -0.495 e. The first kappa shape index (κ1) is 22.2. The highest BCUT2D eigenvalue weighted by Gasteiger charge is 2.29. The lowest BCUT2D eigenvalue weighted by Crippen LogP contribution is -2.44. The van der Waals surface area contributed by atoms with Crippen molar-refractivity contribution in [3.63, 3.8) is 0 Å². The summed E-state index contributed by atoms with van der Waals surface area (Å²) in [5, 5.41) is 4.40. The highest BCUT2D eigenvalue weighted by atomic mass is 16.5. The topological polar surface area (TPSA) is 64.3 Å². The number of para-hydroxylation sites is 1. The average molecular weight is 472 g/mol. The molecule has 0 radical (unpaired) electrons. The van der Waals surface area contributed by atoms with Crippen molar-refractivity contribution in [3.05, 3.63) is 47.5 Å². The molecule has 4 aromatic rings. The Labute approximate surface area is 205 Å². The van der Waals surface area contributed by atoms with Crippen molar-refractivity contribution in [1.29, 1.82) is 0 Å². The molecule has 1 N–H and O–H groups in total. The summed E-state index contributed by atoms with van der Waals surface area (Å²) in [6, 6.07) is 12.9. The standard InChI is InChI=1S/C28H33N5O2/c1-17(29-2)15-32-11-10-19-12-23-22(14-21(19)28(32)34)30-27(31(23)3)24-13-20-6-5-7-25(35-4)26(20)33(24)16-18-8-9-18/h5-7,12-14,17-18,29H,8-11,15-16H2,1-4H3. The minimum atomic E-state index is 0.107. The maximum atomic E-state index is 13.3. The zero-order chi connectivity index (χ0) is 24.3. The second-order valence-electron chi connectivity index (χ2n) is 10.2. The Morgan fingerprint density at radius 2 is 2.06 bits per heavy atom. The number of carbonyl (C=O) groups excluding carboxylic acids is 1. The molecule has 0 saturated heterocycles. The molecule has 182 valence electrons. The van der Waals surface area contributed by atoms with Crippen molar-refractivity contribution in [1.82, 2.24) is 24.3 Å². The quantitative estimate of drug-likeness (QED) is 0.438. The van der Waals surface area contributed by atoms with Gasteiger partial charge < -0.3 is 24.1 Å². The van der Waals surface area contributed by atoms with E-state index < -0.39 is 0 Å². The van der Waals surface area contributed by atoms with Gasteiger partial charge in [0.25, 0.3) is 5.91 Å². The van der Waals surface area contributed by atoms with Crippen LogP contribution in [-0.4, -0.2) is 58.2 Å². The summed E-state index contributed by atoms with van der Waals surface area (Å²) in [6.07, 6.45) is 3.41. The Kier molecular flexibility index (Phi) is 5.33. The van der Waals surface area contributed by atoms with Gasteiger partial charge in [-0.25, -0.2) is 4.98 Å². The molecule has 2 aromatic carbocycles. The number of hydrogen-bond acceptors (Lipinski definition) is 4. The van der Waals surface area contributed by atoms with Crippen LogP contribution in [0.3, 0.4) is 0 Å². The van der Waals surface area contributed by atoms with Crippen molar-refractivity contribution in [2.24, 2.45) is 13.0 Å². The van der Waals surface area contributed by atoms with Gasteiger partial charge in [0, 0.05) is 43.7 Å². The largest absolute Gasteiger partial charge is 0.495 e. The first-order valence-electron chi connectivity index (χ1n) is 12.6. The van der Waals surface area contributed by atoms with Crippen LogP contribution in [0.5, 0.6) is 5.75 Å². The molecule has 2 aromatic heterocycles. The fourth-order valence-corrected chi connectivity index (χ4v) is 5.43. The van der Waals surface area contributed by atoms with E-state index in [2.05, 4.69) is 46.6 Å². The number of aromatic nitrogens is 3. The number of carbonyl (C=O) groups is 1. The van der Waals surface area contributed by atoms with E-state index in [1.807, 2.05) is 30.1 Å². The number of rotatable bonds is 7. The molecule has 6 rings (SSSR count). The van der Waals surface area contributed by atoms with Gasteiger partial charge in [-0.2, -0.15) is 0 Å². The van der Waals surface area contributed by atoms with Gasteiger partial charge >= 0.3 is 0 Å². The predicted octanol–water partition coefficient (Wildman–Crippen LogP) is 4.22. The fraction of sp³-hybridized carbons (Fsp3) is 0.429. The number of nitrogens with one attached hydrogen (secondary N) is 1. The molecule has 1 aliphatic carbocycles. The van der Waals surface area contributed by atoms with Crippen LogP contribution >= 0.6 is 0 Å². The van der Waals surface area contributed by atoms with Crippen LogP contribution in [0.4, 0.5) is 0 Å². The molecular weight excluding hydrogens is 438 g/mol. The molecule has 2 aliphatic rings. The summed E-state index contributed by atoms with van der Waals surface area (Å²) in [5.41, 5.74) is 6.08. The van der Waals surface area contributed by atoms with Gasteiger partial charge in [0.2, 0.25) is 0 Å². The van der Waals surface area contributed by atoms with E-state index in [1.165, 1.54) is 12.8 Å². The van der Waals surface area contributed by atoms with E-state index in [0.717, 1.165) is 69.8 Å². The zero-order valence-electron chi connectivity index (χ0n) is 21.0. The summed E-state index contributed by atoms with van der Waals surface area (Å²) in [5.74, 6) is 2.63. The fourth-order valence-electron chi connectivity index (χ4n) is 5.43. The Bertz CT molecular complexity index is 1450. The molecule has 1 atom stereocenters. The number of hydrogen-bond donors (Lipinski definition) is 1. The maximum absolute atomic E-state index is 13.3. The molecule has 1 aliphatic heterocycles. The highest BCUT2D eigenvalue weighted by molar-refractivity contribution is 6.01. The number of amides is 1. The molecule has 1 saturated carbocycles. The normalized spacial score (nSPS) is 16.8. The van der Waals surface area contributed by atoms with Gasteiger partial charge in [-0.3, -0.25) is 4.79 Å². The molecule has 1 unspecified atom stereocenters. The van der Waals surface area contributed by atoms with Gasteiger partial charge in [-0.1, -0.05) is 12.1 Å². The number of aryl methyl sites for hydroxylation is 1. The predicted molar refractivity (Wildman–Crippen MR) is 139 cm³/mol. The Balaban J connectivity index is 1.47. The SMILES string of the molecule is CNC(C)CN1CCc2cc3c(cc2C1=O)nc(-c1cc2cccc(OC)c2n1CC1CC1)n3C. The molecule has 7 nitrogen and oxygen atoms in total. The van der Waals surface area contributed by atoms with Crippen molar-refractivity contribution in [2.75, 3.05) is 27.2 Å². The lowest BCUT2D eigenvalue weighted by molar-refractivity contribution is 0.0727. The number of fused-ring (bicyclic) bond motifs is 3. The van der Waals surface area contributed by atoms with Crippen molar-refractivity contribution < 1.29 is 9.53 Å². The van der Waals surface area contributed by atoms with Crippen LogP contribution < -0.4 is 10.1 Å². The van der Waals surface area contributed by atoms with Crippen LogP contribution in [0.2, 0.25) is 0 Å². The third kappa shape index (κ3) is 3.69. The lowest BCUT2D eigenvalue weighted by atomic mass is 9.97. The van der Waals surface area contributed by atoms with Crippen molar-refractivity contribution in [3.8, 4) is 17.3 Å². The number of nitrogens with zero attached hydrogens (tertiary/aromatic N) is 4. The monoisotopic (exact) mass is 471 g/mol. The van der Waals surface area contributed by atoms with E-state index in [1.54, 1.807) is 7.11 Å². The molecule has 35 heavy (non-hydrogen) atoms. The van der Waals surface area contributed by atoms with Gasteiger partial charge in [-0.05, 0) is 69.0 Å². The molecule has 0 spiro atoms. The Morgan fingerprint density at radius 1 is 1.23 bits per heavy atom. The van der Waals surface area contributed by atoms with Crippen LogP contribution in [0.1, 0.15) is 35.7 Å². The molecule has 0 bridgehead atoms. The van der Waals surface area contributed by atoms with E-state index in [4.69, 9.17) is 9.72 Å². The lowest BCUT2D eigenvalue weighted by Gasteiger charge is -2.30.